The molecule has 1 atom stereocenters. The molecule has 4 nitrogen and oxygen atoms in total. The number of hydrogen-bond donors (Lipinski definition) is 1. The van der Waals surface area contributed by atoms with Crippen molar-refractivity contribution in [1.29, 1.82) is 0 Å². The lowest BCUT2D eigenvalue weighted by Gasteiger charge is -2.18. The van der Waals surface area contributed by atoms with Gasteiger partial charge in [0.2, 0.25) is 11.8 Å². The Hall–Kier alpha value is -2.62. The van der Waals surface area contributed by atoms with Crippen LogP contribution in [0.3, 0.4) is 0 Å². The van der Waals surface area contributed by atoms with Gasteiger partial charge < -0.3 is 10.2 Å². The summed E-state index contributed by atoms with van der Waals surface area (Å²) in [6.45, 7) is 5.22. The Balaban J connectivity index is 1.69. The van der Waals surface area contributed by atoms with Gasteiger partial charge in [-0.05, 0) is 29.5 Å². The lowest BCUT2D eigenvalue weighted by molar-refractivity contribution is -0.128. The average molecular weight is 350 g/mol. The van der Waals surface area contributed by atoms with E-state index in [1.807, 2.05) is 36.4 Å². The Morgan fingerprint density at radius 1 is 1.04 bits per heavy atom. The van der Waals surface area contributed by atoms with Crippen molar-refractivity contribution in [2.75, 3.05) is 11.9 Å². The zero-order chi connectivity index (χ0) is 18.5. The van der Waals surface area contributed by atoms with Crippen molar-refractivity contribution in [3.05, 3.63) is 65.2 Å². The van der Waals surface area contributed by atoms with Crippen LogP contribution in [0.15, 0.2) is 48.5 Å². The predicted octanol–water partition coefficient (Wildman–Crippen LogP) is 3.80. The van der Waals surface area contributed by atoms with Crippen LogP contribution in [0, 0.1) is 5.92 Å². The van der Waals surface area contributed by atoms with Crippen molar-refractivity contribution in [2.24, 2.45) is 5.92 Å². The molecule has 0 aliphatic carbocycles. The van der Waals surface area contributed by atoms with E-state index >= 15 is 0 Å². The minimum atomic E-state index is -0.291. The van der Waals surface area contributed by atoms with Crippen LogP contribution in [0.2, 0.25) is 0 Å². The molecule has 1 saturated heterocycles. The number of para-hydroxylation sites is 1. The first kappa shape index (κ1) is 18.2. The second kappa shape index (κ2) is 8.17. The number of hydrogen-bond acceptors (Lipinski definition) is 2. The van der Waals surface area contributed by atoms with Crippen molar-refractivity contribution in [3.63, 3.8) is 0 Å². The first-order valence-electron chi connectivity index (χ1n) is 9.35. The largest absolute Gasteiger partial charge is 0.338 e. The van der Waals surface area contributed by atoms with E-state index in [9.17, 15) is 9.59 Å². The maximum absolute atomic E-state index is 12.8. The minimum absolute atomic E-state index is 0.0495. The topological polar surface area (TPSA) is 49.4 Å². The zero-order valence-corrected chi connectivity index (χ0v) is 15.5. The fraction of sp³-hybridized carbons (Fsp3) is 0.364. The van der Waals surface area contributed by atoms with E-state index < -0.39 is 0 Å². The third kappa shape index (κ3) is 3.96. The van der Waals surface area contributed by atoms with Gasteiger partial charge >= 0.3 is 0 Å². The predicted molar refractivity (Wildman–Crippen MR) is 104 cm³/mol. The van der Waals surface area contributed by atoms with Gasteiger partial charge in [0.25, 0.3) is 0 Å². The second-order valence-electron chi connectivity index (χ2n) is 6.81. The van der Waals surface area contributed by atoms with Gasteiger partial charge in [-0.25, -0.2) is 0 Å². The summed E-state index contributed by atoms with van der Waals surface area (Å²) in [6.07, 6.45) is 2.02. The number of carbonyl (C=O) groups excluding carboxylic acids is 2. The molecule has 2 aromatic rings. The van der Waals surface area contributed by atoms with Crippen LogP contribution in [0.1, 0.15) is 37.0 Å². The lowest BCUT2D eigenvalue weighted by Crippen LogP contribution is -2.28. The van der Waals surface area contributed by atoms with E-state index in [1.54, 1.807) is 4.90 Å². The van der Waals surface area contributed by atoms with Crippen molar-refractivity contribution in [1.82, 2.24) is 4.90 Å². The molecule has 0 aromatic heterocycles. The number of amides is 2. The van der Waals surface area contributed by atoms with Crippen LogP contribution in [0.5, 0.6) is 0 Å². The van der Waals surface area contributed by atoms with Gasteiger partial charge in [-0.2, -0.15) is 0 Å². The SMILES string of the molecule is CCc1cccc(CC)c1NC(=O)[C@@H]1CC(=O)N(Cc2ccccc2)C1. The summed E-state index contributed by atoms with van der Waals surface area (Å²) in [5, 5.41) is 3.11. The number of rotatable bonds is 6. The van der Waals surface area contributed by atoms with Gasteiger partial charge in [0, 0.05) is 25.2 Å². The number of nitrogens with zero attached hydrogens (tertiary/aromatic N) is 1. The highest BCUT2D eigenvalue weighted by molar-refractivity contribution is 5.98. The number of likely N-dealkylation sites (tertiary alicyclic amines) is 1. The fourth-order valence-electron chi connectivity index (χ4n) is 3.53. The standard InChI is InChI=1S/C22H26N2O2/c1-3-17-11-8-12-18(4-2)21(17)23-22(26)19-13-20(25)24(15-19)14-16-9-6-5-7-10-16/h5-12,19H,3-4,13-15H2,1-2H3,(H,23,26)/t19-/m1/s1. The summed E-state index contributed by atoms with van der Waals surface area (Å²) in [5.74, 6) is -0.293. The molecule has 1 N–H and O–H groups in total. The molecule has 1 aliphatic rings. The van der Waals surface area contributed by atoms with E-state index in [-0.39, 0.29) is 24.2 Å². The Morgan fingerprint density at radius 2 is 1.69 bits per heavy atom. The number of nitrogens with one attached hydrogen (secondary N) is 1. The normalized spacial score (nSPS) is 16.8. The highest BCUT2D eigenvalue weighted by Gasteiger charge is 2.34. The Labute approximate surface area is 155 Å². The number of carbonyl (C=O) groups is 2. The molecule has 136 valence electrons. The number of benzene rings is 2. The summed E-state index contributed by atoms with van der Waals surface area (Å²) in [5.41, 5.74) is 4.30. The third-order valence-electron chi connectivity index (χ3n) is 5.05. The van der Waals surface area contributed by atoms with Gasteiger partial charge in [0.1, 0.15) is 0 Å². The molecule has 0 unspecified atom stereocenters. The van der Waals surface area contributed by atoms with Crippen LogP contribution in [0.25, 0.3) is 0 Å². The van der Waals surface area contributed by atoms with E-state index in [0.717, 1.165) is 35.2 Å². The maximum Gasteiger partial charge on any atom is 0.229 e. The molecule has 1 aliphatic heterocycles. The second-order valence-corrected chi connectivity index (χ2v) is 6.81. The number of aryl methyl sites for hydroxylation is 2. The first-order chi connectivity index (χ1) is 12.6. The molecule has 4 heteroatoms. The zero-order valence-electron chi connectivity index (χ0n) is 15.5. The molecule has 0 saturated carbocycles. The van der Waals surface area contributed by atoms with Gasteiger partial charge in [0.05, 0.1) is 5.92 Å². The molecule has 0 radical (unpaired) electrons. The van der Waals surface area contributed by atoms with Gasteiger partial charge in [-0.1, -0.05) is 62.4 Å². The summed E-state index contributed by atoms with van der Waals surface area (Å²) >= 11 is 0. The Bertz CT molecular complexity index is 764. The fourth-order valence-corrected chi connectivity index (χ4v) is 3.53. The molecule has 2 amide bonds. The van der Waals surface area contributed by atoms with Gasteiger partial charge in [-0.3, -0.25) is 9.59 Å². The molecule has 1 heterocycles. The summed E-state index contributed by atoms with van der Waals surface area (Å²) in [4.78, 5) is 26.9. The highest BCUT2D eigenvalue weighted by Crippen LogP contribution is 2.26. The average Bonchev–Trinajstić information content (AvgIpc) is 3.03. The van der Waals surface area contributed by atoms with Crippen LogP contribution < -0.4 is 5.32 Å². The summed E-state index contributed by atoms with van der Waals surface area (Å²) in [6, 6.07) is 16.0. The molecule has 26 heavy (non-hydrogen) atoms. The van der Waals surface area contributed by atoms with Gasteiger partial charge in [-0.15, -0.1) is 0 Å². The van der Waals surface area contributed by atoms with E-state index in [2.05, 4.69) is 31.3 Å². The van der Waals surface area contributed by atoms with Gasteiger partial charge in [0.15, 0.2) is 0 Å². The molecule has 0 bridgehead atoms. The quantitative estimate of drug-likeness (QED) is 0.861. The van der Waals surface area contributed by atoms with Crippen LogP contribution in [-0.4, -0.2) is 23.3 Å². The van der Waals surface area contributed by atoms with Crippen molar-refractivity contribution in [3.8, 4) is 0 Å². The smallest absolute Gasteiger partial charge is 0.229 e. The van der Waals surface area contributed by atoms with Crippen LogP contribution in [-0.2, 0) is 29.0 Å². The minimum Gasteiger partial charge on any atom is -0.338 e. The summed E-state index contributed by atoms with van der Waals surface area (Å²) in [7, 11) is 0. The highest BCUT2D eigenvalue weighted by atomic mass is 16.2. The van der Waals surface area contributed by atoms with Crippen molar-refractivity contribution < 1.29 is 9.59 Å². The monoisotopic (exact) mass is 350 g/mol. The maximum atomic E-state index is 12.8. The van der Waals surface area contributed by atoms with E-state index in [0.29, 0.717) is 13.1 Å². The molecule has 0 spiro atoms. The number of anilines is 1. The molecule has 2 aromatic carbocycles. The Kier molecular flexibility index (Phi) is 5.71. The van der Waals surface area contributed by atoms with E-state index in [1.165, 1.54) is 0 Å². The molecular weight excluding hydrogens is 324 g/mol. The first-order valence-corrected chi connectivity index (χ1v) is 9.35. The summed E-state index contributed by atoms with van der Waals surface area (Å²) < 4.78 is 0. The van der Waals surface area contributed by atoms with E-state index in [4.69, 9.17) is 0 Å². The molecule has 1 fully saturated rings. The Morgan fingerprint density at radius 3 is 2.31 bits per heavy atom. The van der Waals surface area contributed by atoms with Crippen molar-refractivity contribution in [2.45, 2.75) is 39.7 Å². The third-order valence-corrected chi connectivity index (χ3v) is 5.05. The van der Waals surface area contributed by atoms with Crippen LogP contribution in [0.4, 0.5) is 5.69 Å². The van der Waals surface area contributed by atoms with Crippen LogP contribution >= 0.6 is 0 Å². The lowest BCUT2D eigenvalue weighted by atomic mass is 10.0. The molecular formula is C22H26N2O2. The molecule has 3 rings (SSSR count). The van der Waals surface area contributed by atoms with Crippen molar-refractivity contribution >= 4 is 17.5 Å².